The summed E-state index contributed by atoms with van der Waals surface area (Å²) in [5.41, 5.74) is -1.34. The second-order valence-electron chi connectivity index (χ2n) is 9.45. The number of hydrogen-bond acceptors (Lipinski definition) is 6. The van der Waals surface area contributed by atoms with Gasteiger partial charge in [-0.15, -0.1) is 0 Å². The highest BCUT2D eigenvalue weighted by atomic mass is 19.4. The van der Waals surface area contributed by atoms with E-state index in [1.54, 1.807) is 24.3 Å². The molecular weight excluding hydrogens is 529 g/mol. The fraction of sp³-hybridized carbons (Fsp3) is 0.345. The largest absolute Gasteiger partial charge is 0.493 e. The number of ether oxygens (including phenoxy) is 1. The molecule has 0 aliphatic heterocycles. The molecule has 212 valence electrons. The molecule has 0 spiro atoms. The lowest BCUT2D eigenvalue weighted by Gasteiger charge is -2.15. The molecule has 0 unspecified atom stereocenters. The van der Waals surface area contributed by atoms with E-state index in [2.05, 4.69) is 0 Å². The molecule has 2 heterocycles. The van der Waals surface area contributed by atoms with E-state index in [1.807, 2.05) is 6.92 Å². The average molecular weight is 559 g/mol. The normalized spacial score (nSPS) is 11.7. The number of ketones is 1. The van der Waals surface area contributed by atoms with Crippen LogP contribution in [-0.4, -0.2) is 26.6 Å². The van der Waals surface area contributed by atoms with Crippen molar-refractivity contribution in [2.24, 2.45) is 0 Å². The SMILES string of the molecule is CCCc1c(OCCCCCn2c(O)cn(-c3cccc(C(C)=O)c3)c2=O)ccc2c(C(F)(F)F)cc(=O)oc12. The average Bonchev–Trinajstić information content (AvgIpc) is 3.19. The number of benzene rings is 2. The van der Waals surface area contributed by atoms with E-state index in [4.69, 9.17) is 9.15 Å². The molecule has 4 rings (SSSR count). The number of aromatic hydroxyl groups is 1. The van der Waals surface area contributed by atoms with Gasteiger partial charge in [0.1, 0.15) is 11.3 Å². The van der Waals surface area contributed by atoms with Gasteiger partial charge in [-0.05, 0) is 56.9 Å². The second kappa shape index (κ2) is 11.8. The number of carbonyl (C=O) groups is 1. The van der Waals surface area contributed by atoms with Crippen LogP contribution < -0.4 is 16.1 Å². The Morgan fingerprint density at radius 1 is 1.07 bits per heavy atom. The number of Topliss-reactive ketones (excluding diaryl/α,β-unsaturated/α-hetero) is 1. The number of alkyl halides is 3. The van der Waals surface area contributed by atoms with Gasteiger partial charge in [0.05, 0.1) is 24.1 Å². The standard InChI is InChI=1S/C29H29F3N2O6/c1-3-8-22-24(12-11-21-23(29(30,31)32)16-26(37)40-27(21)22)39-14-6-4-5-13-33-25(36)17-34(28(33)38)20-10-7-9-19(15-20)18(2)35/h7,9-12,15-17,36H,3-6,8,13-14H2,1-2H3. The van der Waals surface area contributed by atoms with E-state index in [-0.39, 0.29) is 35.8 Å². The minimum absolute atomic E-state index is 0.118. The molecule has 0 aliphatic rings. The highest BCUT2D eigenvalue weighted by Crippen LogP contribution is 2.37. The third-order valence-corrected chi connectivity index (χ3v) is 6.55. The Balaban J connectivity index is 1.40. The van der Waals surface area contributed by atoms with Crippen LogP contribution in [0.5, 0.6) is 11.6 Å². The minimum atomic E-state index is -4.70. The fourth-order valence-corrected chi connectivity index (χ4v) is 4.59. The molecule has 0 amide bonds. The van der Waals surface area contributed by atoms with Crippen LogP contribution in [0.25, 0.3) is 16.7 Å². The summed E-state index contributed by atoms with van der Waals surface area (Å²) < 4.78 is 54.0. The van der Waals surface area contributed by atoms with Gasteiger partial charge in [0, 0.05) is 29.1 Å². The molecule has 0 radical (unpaired) electrons. The monoisotopic (exact) mass is 558 g/mol. The topological polar surface area (TPSA) is 104 Å². The first-order chi connectivity index (χ1) is 19.0. The van der Waals surface area contributed by atoms with Gasteiger partial charge < -0.3 is 14.3 Å². The summed E-state index contributed by atoms with van der Waals surface area (Å²) in [6, 6.07) is 9.74. The first kappa shape index (κ1) is 28.7. The van der Waals surface area contributed by atoms with E-state index >= 15 is 0 Å². The van der Waals surface area contributed by atoms with Gasteiger partial charge >= 0.3 is 17.5 Å². The van der Waals surface area contributed by atoms with Crippen molar-refractivity contribution in [1.29, 1.82) is 0 Å². The quantitative estimate of drug-likeness (QED) is 0.140. The van der Waals surface area contributed by atoms with Crippen LogP contribution in [0.1, 0.15) is 61.0 Å². The molecule has 11 heteroatoms. The maximum Gasteiger partial charge on any atom is 0.417 e. The van der Waals surface area contributed by atoms with Crippen LogP contribution in [-0.2, 0) is 19.1 Å². The Kier molecular flexibility index (Phi) is 8.51. The summed E-state index contributed by atoms with van der Waals surface area (Å²) in [6.45, 7) is 3.80. The number of fused-ring (bicyclic) bond motifs is 1. The van der Waals surface area contributed by atoms with Gasteiger partial charge in [0.25, 0.3) is 0 Å². The van der Waals surface area contributed by atoms with Crippen molar-refractivity contribution in [2.75, 3.05) is 6.61 Å². The molecule has 2 aromatic heterocycles. The van der Waals surface area contributed by atoms with E-state index in [9.17, 15) is 32.7 Å². The van der Waals surface area contributed by atoms with Crippen molar-refractivity contribution < 1.29 is 32.2 Å². The van der Waals surface area contributed by atoms with Crippen molar-refractivity contribution in [3.63, 3.8) is 0 Å². The zero-order chi connectivity index (χ0) is 29.0. The summed E-state index contributed by atoms with van der Waals surface area (Å²) in [5, 5.41) is 10.1. The van der Waals surface area contributed by atoms with Gasteiger partial charge in [-0.3, -0.25) is 13.9 Å². The Morgan fingerprint density at radius 3 is 2.55 bits per heavy atom. The maximum absolute atomic E-state index is 13.5. The Bertz CT molecular complexity index is 1650. The summed E-state index contributed by atoms with van der Waals surface area (Å²) in [7, 11) is 0. The predicted molar refractivity (Wildman–Crippen MR) is 143 cm³/mol. The van der Waals surface area contributed by atoms with Crippen molar-refractivity contribution in [3.8, 4) is 17.3 Å². The number of halogens is 3. The molecule has 0 saturated carbocycles. The van der Waals surface area contributed by atoms with E-state index in [1.165, 1.54) is 34.4 Å². The van der Waals surface area contributed by atoms with E-state index < -0.39 is 23.1 Å². The van der Waals surface area contributed by atoms with Crippen LogP contribution in [0.2, 0.25) is 0 Å². The van der Waals surface area contributed by atoms with Crippen LogP contribution in [0, 0.1) is 0 Å². The third-order valence-electron chi connectivity index (χ3n) is 6.55. The Labute approximate surface area is 227 Å². The number of nitrogens with zero attached hydrogens (tertiary/aromatic N) is 2. The van der Waals surface area contributed by atoms with Crippen LogP contribution in [0.4, 0.5) is 13.2 Å². The van der Waals surface area contributed by atoms with Crippen molar-refractivity contribution in [3.05, 3.63) is 86.3 Å². The van der Waals surface area contributed by atoms with Crippen LogP contribution in [0.3, 0.4) is 0 Å². The van der Waals surface area contributed by atoms with Gasteiger partial charge in [-0.2, -0.15) is 13.2 Å². The summed E-state index contributed by atoms with van der Waals surface area (Å²) in [4.78, 5) is 36.4. The predicted octanol–water partition coefficient (Wildman–Crippen LogP) is 5.87. The third kappa shape index (κ3) is 6.13. The van der Waals surface area contributed by atoms with Gasteiger partial charge in [0.2, 0.25) is 5.88 Å². The van der Waals surface area contributed by atoms with Gasteiger partial charge in [-0.25, -0.2) is 9.59 Å². The summed E-state index contributed by atoms with van der Waals surface area (Å²) in [6.07, 6.45) is -0.651. The Hall–Kier alpha value is -4.28. The smallest absolute Gasteiger partial charge is 0.417 e. The summed E-state index contributed by atoms with van der Waals surface area (Å²) in [5.74, 6) is 0.0204. The van der Waals surface area contributed by atoms with Crippen LogP contribution >= 0.6 is 0 Å². The molecule has 0 aliphatic carbocycles. The first-order valence-corrected chi connectivity index (χ1v) is 12.9. The molecule has 0 saturated heterocycles. The minimum Gasteiger partial charge on any atom is -0.493 e. The molecule has 40 heavy (non-hydrogen) atoms. The molecule has 0 bridgehead atoms. The maximum atomic E-state index is 13.5. The molecule has 1 N–H and O–H groups in total. The van der Waals surface area contributed by atoms with Crippen LogP contribution in [0.15, 0.2) is 62.7 Å². The van der Waals surface area contributed by atoms with Gasteiger partial charge in [0.15, 0.2) is 5.78 Å². The molecule has 0 fully saturated rings. The lowest BCUT2D eigenvalue weighted by atomic mass is 10.0. The van der Waals surface area contributed by atoms with Crippen molar-refractivity contribution in [2.45, 2.75) is 58.7 Å². The highest BCUT2D eigenvalue weighted by Gasteiger charge is 2.34. The number of aryl methyl sites for hydroxylation is 1. The molecule has 8 nitrogen and oxygen atoms in total. The number of aromatic nitrogens is 2. The number of rotatable bonds is 11. The first-order valence-electron chi connectivity index (χ1n) is 12.9. The van der Waals surface area contributed by atoms with Crippen molar-refractivity contribution >= 4 is 16.8 Å². The fourth-order valence-electron chi connectivity index (χ4n) is 4.59. The number of hydrogen-bond donors (Lipinski definition) is 1. The highest BCUT2D eigenvalue weighted by molar-refractivity contribution is 5.94. The number of imidazole rings is 1. The molecule has 4 aromatic rings. The summed E-state index contributed by atoms with van der Waals surface area (Å²) >= 11 is 0. The number of unbranched alkanes of at least 4 members (excludes halogenated alkanes) is 2. The van der Waals surface area contributed by atoms with Crippen molar-refractivity contribution in [1.82, 2.24) is 9.13 Å². The second-order valence-corrected chi connectivity index (χ2v) is 9.45. The van der Waals surface area contributed by atoms with E-state index in [0.717, 1.165) is 0 Å². The lowest BCUT2D eigenvalue weighted by molar-refractivity contribution is -0.136. The van der Waals surface area contributed by atoms with Gasteiger partial charge in [-0.1, -0.05) is 25.5 Å². The Morgan fingerprint density at radius 2 is 1.85 bits per heavy atom. The molecule has 0 atom stereocenters. The number of carbonyl (C=O) groups excluding carboxylic acids is 1. The zero-order valence-corrected chi connectivity index (χ0v) is 22.1. The van der Waals surface area contributed by atoms with E-state index in [0.29, 0.717) is 60.7 Å². The zero-order valence-electron chi connectivity index (χ0n) is 22.1. The molecule has 2 aromatic carbocycles. The molecular formula is C29H29F3N2O6. The lowest BCUT2D eigenvalue weighted by Crippen LogP contribution is -2.23.